The van der Waals surface area contributed by atoms with Gasteiger partial charge in [-0.2, -0.15) is 0 Å². The maximum atomic E-state index is 12.6. The molecule has 0 spiro atoms. The molecule has 0 amide bonds. The summed E-state index contributed by atoms with van der Waals surface area (Å²) in [6.07, 6.45) is 4.52. The van der Waals surface area contributed by atoms with Crippen LogP contribution in [0.4, 0.5) is 0 Å². The van der Waals surface area contributed by atoms with E-state index in [4.69, 9.17) is 9.47 Å². The zero-order valence-corrected chi connectivity index (χ0v) is 19.1. The summed E-state index contributed by atoms with van der Waals surface area (Å²) in [6, 6.07) is 4.07. The molecule has 1 aromatic carbocycles. The summed E-state index contributed by atoms with van der Waals surface area (Å²) in [5, 5.41) is 0. The van der Waals surface area contributed by atoms with E-state index in [1.807, 2.05) is 13.0 Å². The molecule has 1 heterocycles. The predicted octanol–water partition coefficient (Wildman–Crippen LogP) is 5.77. The van der Waals surface area contributed by atoms with Crippen molar-refractivity contribution in [3.63, 3.8) is 0 Å². The van der Waals surface area contributed by atoms with Gasteiger partial charge in [0.1, 0.15) is 17.1 Å². The van der Waals surface area contributed by atoms with E-state index in [-0.39, 0.29) is 11.6 Å². The number of rotatable bonds is 7. The molecule has 1 unspecified atom stereocenters. The quantitative estimate of drug-likeness (QED) is 0.431. The van der Waals surface area contributed by atoms with Crippen LogP contribution < -0.4 is 9.47 Å². The molecule has 0 fully saturated rings. The van der Waals surface area contributed by atoms with Gasteiger partial charge in [0.15, 0.2) is 0 Å². The van der Waals surface area contributed by atoms with Gasteiger partial charge in [-0.05, 0) is 101 Å². The third-order valence-corrected chi connectivity index (χ3v) is 6.38. The number of hydrogen-bond acceptors (Lipinski definition) is 4. The first-order chi connectivity index (χ1) is 13.7. The number of hydrogen-bond donors (Lipinski definition) is 0. The molecule has 0 bridgehead atoms. The topological polar surface area (TPSA) is 38.8 Å². The molecule has 0 aromatic heterocycles. The number of carbonyl (C=O) groups excluding carboxylic acids is 1. The summed E-state index contributed by atoms with van der Waals surface area (Å²) in [7, 11) is 0. The van der Waals surface area contributed by atoms with Crippen LogP contribution in [0.3, 0.4) is 0 Å². The molecule has 0 radical (unpaired) electrons. The molecular weight excluding hydrogens is 362 g/mol. The van der Waals surface area contributed by atoms with Gasteiger partial charge in [-0.15, -0.1) is 0 Å². The number of esters is 1. The van der Waals surface area contributed by atoms with Crippen LogP contribution >= 0.6 is 0 Å². The number of fused-ring (bicyclic) bond motifs is 2. The summed E-state index contributed by atoms with van der Waals surface area (Å²) in [5.74, 6) is 2.01. The summed E-state index contributed by atoms with van der Waals surface area (Å²) in [5.41, 5.74) is 4.46. The van der Waals surface area contributed by atoms with E-state index < -0.39 is 0 Å². The lowest BCUT2D eigenvalue weighted by molar-refractivity contribution is -0.134. The van der Waals surface area contributed by atoms with Crippen LogP contribution in [0.15, 0.2) is 17.7 Å². The van der Waals surface area contributed by atoms with Gasteiger partial charge in [-0.1, -0.05) is 20.8 Å². The standard InChI is InChI=1S/C25H37NO3/c1-7-26(8-2)13-9-10-23(27)28-21-15-18(4)16-22-24(21)19-14-17(3)11-12-20(19)25(5,6)29-22/h15-17H,7-14H2,1-6H3. The number of benzene rings is 1. The summed E-state index contributed by atoms with van der Waals surface area (Å²) < 4.78 is 12.3. The Bertz CT molecular complexity index is 790. The molecule has 4 heteroatoms. The Morgan fingerprint density at radius 3 is 2.69 bits per heavy atom. The van der Waals surface area contributed by atoms with Crippen molar-refractivity contribution in [2.24, 2.45) is 5.92 Å². The van der Waals surface area contributed by atoms with Gasteiger partial charge in [0, 0.05) is 6.42 Å². The van der Waals surface area contributed by atoms with Crippen molar-refractivity contribution in [2.75, 3.05) is 19.6 Å². The molecule has 1 atom stereocenters. The molecule has 1 aromatic rings. The van der Waals surface area contributed by atoms with Crippen LogP contribution in [0.5, 0.6) is 11.5 Å². The first-order valence-electron chi connectivity index (χ1n) is 11.2. The van der Waals surface area contributed by atoms with E-state index in [1.54, 1.807) is 0 Å². The molecule has 2 aliphatic rings. The molecule has 1 aliphatic carbocycles. The van der Waals surface area contributed by atoms with Gasteiger partial charge in [0.05, 0.1) is 5.56 Å². The molecule has 3 rings (SSSR count). The highest BCUT2D eigenvalue weighted by atomic mass is 16.5. The molecular formula is C25H37NO3. The number of ether oxygens (including phenoxy) is 2. The van der Waals surface area contributed by atoms with Crippen LogP contribution in [0.2, 0.25) is 0 Å². The number of carbonyl (C=O) groups is 1. The Hall–Kier alpha value is -1.81. The van der Waals surface area contributed by atoms with Crippen LogP contribution in [-0.4, -0.2) is 36.1 Å². The highest BCUT2D eigenvalue weighted by Crippen LogP contribution is 2.51. The lowest BCUT2D eigenvalue weighted by atomic mass is 9.74. The largest absolute Gasteiger partial charge is 0.483 e. The average molecular weight is 400 g/mol. The van der Waals surface area contributed by atoms with E-state index in [1.165, 1.54) is 17.6 Å². The Labute approximate surface area is 176 Å². The molecule has 0 N–H and O–H groups in total. The highest BCUT2D eigenvalue weighted by molar-refractivity contribution is 5.84. The normalized spacial score (nSPS) is 20.2. The third-order valence-electron chi connectivity index (χ3n) is 6.38. The molecule has 0 saturated carbocycles. The Morgan fingerprint density at radius 2 is 2.00 bits per heavy atom. The van der Waals surface area contributed by atoms with Crippen LogP contribution in [0.25, 0.3) is 5.57 Å². The zero-order chi connectivity index (χ0) is 21.2. The fourth-order valence-electron chi connectivity index (χ4n) is 4.71. The SMILES string of the molecule is CCN(CC)CCCC(=O)Oc1cc(C)cc2c1C1=C(CCC(C)C1)C(C)(C)O2. The highest BCUT2D eigenvalue weighted by Gasteiger charge is 2.39. The minimum absolute atomic E-state index is 0.152. The fourth-order valence-corrected chi connectivity index (χ4v) is 4.71. The lowest BCUT2D eigenvalue weighted by Gasteiger charge is -2.41. The maximum absolute atomic E-state index is 12.6. The van der Waals surface area contributed by atoms with E-state index in [2.05, 4.69) is 45.6 Å². The van der Waals surface area contributed by atoms with Gasteiger partial charge in [0.2, 0.25) is 0 Å². The van der Waals surface area contributed by atoms with E-state index in [9.17, 15) is 4.79 Å². The van der Waals surface area contributed by atoms with Gasteiger partial charge in [-0.3, -0.25) is 4.79 Å². The minimum atomic E-state index is -0.304. The molecule has 4 nitrogen and oxygen atoms in total. The lowest BCUT2D eigenvalue weighted by Crippen LogP contribution is -2.36. The van der Waals surface area contributed by atoms with Crippen molar-refractivity contribution in [1.29, 1.82) is 0 Å². The summed E-state index contributed by atoms with van der Waals surface area (Å²) in [4.78, 5) is 15.0. The average Bonchev–Trinajstić information content (AvgIpc) is 2.64. The van der Waals surface area contributed by atoms with Crippen LogP contribution in [0.1, 0.15) is 77.8 Å². The van der Waals surface area contributed by atoms with Gasteiger partial charge in [0.25, 0.3) is 0 Å². The summed E-state index contributed by atoms with van der Waals surface area (Å²) in [6.45, 7) is 15.9. The van der Waals surface area contributed by atoms with E-state index in [0.29, 0.717) is 18.1 Å². The third kappa shape index (κ3) is 4.85. The van der Waals surface area contributed by atoms with Crippen molar-refractivity contribution in [1.82, 2.24) is 4.90 Å². The van der Waals surface area contributed by atoms with Crippen molar-refractivity contribution in [3.05, 3.63) is 28.8 Å². The molecule has 29 heavy (non-hydrogen) atoms. The molecule has 0 saturated heterocycles. The van der Waals surface area contributed by atoms with E-state index >= 15 is 0 Å². The van der Waals surface area contributed by atoms with Crippen LogP contribution in [0, 0.1) is 12.8 Å². The predicted molar refractivity (Wildman–Crippen MR) is 118 cm³/mol. The first-order valence-corrected chi connectivity index (χ1v) is 11.2. The maximum Gasteiger partial charge on any atom is 0.311 e. The molecule has 1 aliphatic heterocycles. The Balaban J connectivity index is 1.85. The minimum Gasteiger partial charge on any atom is -0.483 e. The van der Waals surface area contributed by atoms with Crippen LogP contribution in [-0.2, 0) is 4.79 Å². The van der Waals surface area contributed by atoms with Crippen molar-refractivity contribution in [3.8, 4) is 11.5 Å². The van der Waals surface area contributed by atoms with Gasteiger partial charge in [-0.25, -0.2) is 0 Å². The van der Waals surface area contributed by atoms with E-state index in [0.717, 1.165) is 55.8 Å². The monoisotopic (exact) mass is 399 g/mol. The zero-order valence-electron chi connectivity index (χ0n) is 19.1. The molecule has 160 valence electrons. The summed E-state index contributed by atoms with van der Waals surface area (Å²) >= 11 is 0. The second-order valence-corrected chi connectivity index (χ2v) is 9.16. The number of allylic oxidation sites excluding steroid dienone is 1. The van der Waals surface area contributed by atoms with Gasteiger partial charge >= 0.3 is 5.97 Å². The first kappa shape index (κ1) is 21.9. The van der Waals surface area contributed by atoms with Crippen molar-refractivity contribution in [2.45, 2.75) is 79.2 Å². The van der Waals surface area contributed by atoms with Crippen molar-refractivity contribution >= 4 is 11.5 Å². The second kappa shape index (κ2) is 8.91. The smallest absolute Gasteiger partial charge is 0.311 e. The Kier molecular flexibility index (Phi) is 6.72. The second-order valence-electron chi connectivity index (χ2n) is 9.16. The van der Waals surface area contributed by atoms with Gasteiger partial charge < -0.3 is 14.4 Å². The number of aryl methyl sites for hydroxylation is 1. The van der Waals surface area contributed by atoms with Crippen molar-refractivity contribution < 1.29 is 14.3 Å². The fraction of sp³-hybridized carbons (Fsp3) is 0.640. The number of nitrogens with zero attached hydrogens (tertiary/aromatic N) is 1. The Morgan fingerprint density at radius 1 is 1.28 bits per heavy atom.